The van der Waals surface area contributed by atoms with E-state index in [9.17, 15) is 13.2 Å². The molecule has 5 heteroatoms. The molecule has 0 aliphatic heterocycles. The molecule has 0 aliphatic rings. The lowest BCUT2D eigenvalue weighted by Crippen LogP contribution is -2.17. The van der Waals surface area contributed by atoms with Crippen LogP contribution in [0.25, 0.3) is 0 Å². The highest BCUT2D eigenvalue weighted by atomic mass is 32.2. The van der Waals surface area contributed by atoms with Gasteiger partial charge in [0, 0.05) is 11.1 Å². The van der Waals surface area contributed by atoms with E-state index in [1.165, 1.54) is 0 Å². The Bertz CT molecular complexity index is 1060. The molecule has 0 spiro atoms. The first kappa shape index (κ1) is 17.9. The number of carbonyl (C=O) groups excluding carboxylic acids is 1. The molecule has 0 amide bonds. The maximum atomic E-state index is 12.9. The monoisotopic (exact) mass is 365 g/mol. The molecule has 3 rings (SSSR count). The summed E-state index contributed by atoms with van der Waals surface area (Å²) in [5.74, 6) is -0.232. The zero-order valence-corrected chi connectivity index (χ0v) is 15.4. The second kappa shape index (κ2) is 7.14. The van der Waals surface area contributed by atoms with Crippen molar-refractivity contribution in [2.75, 3.05) is 4.72 Å². The quantitative estimate of drug-likeness (QED) is 0.684. The van der Waals surface area contributed by atoms with E-state index in [1.807, 2.05) is 19.1 Å². The Labute approximate surface area is 153 Å². The lowest BCUT2D eigenvalue weighted by atomic mass is 10.0. The maximum Gasteiger partial charge on any atom is 0.262 e. The zero-order chi connectivity index (χ0) is 18.7. The standard InChI is InChI=1S/C21H19NO3S/c1-15-12-13-16(2)20(14-15)26(24,25)22-19-11-7-6-10-18(19)21(23)17-8-4-3-5-9-17/h3-14,22H,1-2H3. The number of sulfonamides is 1. The van der Waals surface area contributed by atoms with Gasteiger partial charge in [0.25, 0.3) is 10.0 Å². The first-order valence-corrected chi connectivity index (χ1v) is 9.65. The van der Waals surface area contributed by atoms with Gasteiger partial charge in [-0.2, -0.15) is 0 Å². The Morgan fingerprint density at radius 3 is 2.23 bits per heavy atom. The Balaban J connectivity index is 2.01. The third-order valence-corrected chi connectivity index (χ3v) is 5.59. The minimum atomic E-state index is -3.81. The topological polar surface area (TPSA) is 63.2 Å². The smallest absolute Gasteiger partial charge is 0.262 e. The van der Waals surface area contributed by atoms with Crippen molar-refractivity contribution >= 4 is 21.5 Å². The van der Waals surface area contributed by atoms with E-state index >= 15 is 0 Å². The highest BCUT2D eigenvalue weighted by Crippen LogP contribution is 2.24. The van der Waals surface area contributed by atoms with Crippen molar-refractivity contribution in [2.24, 2.45) is 0 Å². The maximum absolute atomic E-state index is 12.9. The van der Waals surface area contributed by atoms with Gasteiger partial charge < -0.3 is 0 Å². The van der Waals surface area contributed by atoms with Crippen LogP contribution in [0.4, 0.5) is 5.69 Å². The molecule has 3 aromatic carbocycles. The second-order valence-corrected chi connectivity index (χ2v) is 7.77. The van der Waals surface area contributed by atoms with Crippen LogP contribution in [-0.4, -0.2) is 14.2 Å². The molecule has 4 nitrogen and oxygen atoms in total. The molecule has 0 saturated carbocycles. The minimum absolute atomic E-state index is 0.208. The summed E-state index contributed by atoms with van der Waals surface area (Å²) in [5, 5.41) is 0. The van der Waals surface area contributed by atoms with Crippen LogP contribution in [-0.2, 0) is 10.0 Å². The molecule has 0 unspecified atom stereocenters. The van der Waals surface area contributed by atoms with E-state index in [-0.39, 0.29) is 16.4 Å². The van der Waals surface area contributed by atoms with Gasteiger partial charge in [-0.05, 0) is 43.2 Å². The van der Waals surface area contributed by atoms with Gasteiger partial charge >= 0.3 is 0 Å². The van der Waals surface area contributed by atoms with Crippen LogP contribution in [0, 0.1) is 13.8 Å². The lowest BCUT2D eigenvalue weighted by Gasteiger charge is -2.14. The molecule has 0 atom stereocenters. The van der Waals surface area contributed by atoms with Crippen LogP contribution in [0.3, 0.4) is 0 Å². The molecule has 0 saturated heterocycles. The predicted octanol–water partition coefficient (Wildman–Crippen LogP) is 4.34. The number of nitrogens with one attached hydrogen (secondary N) is 1. The number of aryl methyl sites for hydroxylation is 2. The van der Waals surface area contributed by atoms with E-state index < -0.39 is 10.0 Å². The molecule has 132 valence electrons. The van der Waals surface area contributed by atoms with Crippen LogP contribution in [0.5, 0.6) is 0 Å². The fourth-order valence-electron chi connectivity index (χ4n) is 2.71. The van der Waals surface area contributed by atoms with E-state index in [2.05, 4.69) is 4.72 Å². The van der Waals surface area contributed by atoms with Crippen molar-refractivity contribution in [2.45, 2.75) is 18.7 Å². The number of carbonyl (C=O) groups is 1. The summed E-state index contributed by atoms with van der Waals surface area (Å²) in [4.78, 5) is 13.0. The fourth-order valence-corrected chi connectivity index (χ4v) is 4.12. The van der Waals surface area contributed by atoms with Gasteiger partial charge in [-0.3, -0.25) is 9.52 Å². The number of ketones is 1. The number of anilines is 1. The van der Waals surface area contributed by atoms with Crippen LogP contribution in [0.2, 0.25) is 0 Å². The van der Waals surface area contributed by atoms with Crippen molar-refractivity contribution in [1.82, 2.24) is 0 Å². The molecule has 0 aliphatic carbocycles. The van der Waals surface area contributed by atoms with Crippen molar-refractivity contribution in [3.8, 4) is 0 Å². The molecule has 0 fully saturated rings. The molecule has 26 heavy (non-hydrogen) atoms. The summed E-state index contributed by atoms with van der Waals surface area (Å²) in [6.07, 6.45) is 0. The normalized spacial score (nSPS) is 11.2. The number of hydrogen-bond donors (Lipinski definition) is 1. The highest BCUT2D eigenvalue weighted by Gasteiger charge is 2.21. The summed E-state index contributed by atoms with van der Waals surface area (Å²) < 4.78 is 28.3. The average Bonchev–Trinajstić information content (AvgIpc) is 2.64. The predicted molar refractivity (Wildman–Crippen MR) is 103 cm³/mol. The van der Waals surface area contributed by atoms with Gasteiger partial charge in [-0.15, -0.1) is 0 Å². The Morgan fingerprint density at radius 1 is 0.846 bits per heavy atom. The number of benzene rings is 3. The number of hydrogen-bond acceptors (Lipinski definition) is 3. The first-order chi connectivity index (χ1) is 12.4. The Morgan fingerprint density at radius 2 is 1.50 bits per heavy atom. The van der Waals surface area contributed by atoms with Crippen LogP contribution < -0.4 is 4.72 Å². The minimum Gasteiger partial charge on any atom is -0.289 e. The molecular weight excluding hydrogens is 346 g/mol. The van der Waals surface area contributed by atoms with Gasteiger partial charge in [0.2, 0.25) is 0 Å². The highest BCUT2D eigenvalue weighted by molar-refractivity contribution is 7.92. The van der Waals surface area contributed by atoms with E-state index in [4.69, 9.17) is 0 Å². The van der Waals surface area contributed by atoms with Crippen molar-refractivity contribution < 1.29 is 13.2 Å². The van der Waals surface area contributed by atoms with E-state index in [0.29, 0.717) is 16.7 Å². The van der Waals surface area contributed by atoms with Gasteiger partial charge in [0.05, 0.1) is 10.6 Å². The van der Waals surface area contributed by atoms with Crippen molar-refractivity contribution in [3.05, 3.63) is 95.1 Å². The van der Waals surface area contributed by atoms with Crippen LogP contribution in [0.15, 0.2) is 77.7 Å². The molecule has 0 radical (unpaired) electrons. The largest absolute Gasteiger partial charge is 0.289 e. The summed E-state index contributed by atoms with van der Waals surface area (Å²) >= 11 is 0. The van der Waals surface area contributed by atoms with Crippen molar-refractivity contribution in [1.29, 1.82) is 0 Å². The van der Waals surface area contributed by atoms with Gasteiger partial charge in [-0.25, -0.2) is 8.42 Å². The molecule has 3 aromatic rings. The van der Waals surface area contributed by atoms with E-state index in [0.717, 1.165) is 5.56 Å². The molecule has 0 aromatic heterocycles. The molecule has 0 heterocycles. The Kier molecular flexibility index (Phi) is 4.91. The first-order valence-electron chi connectivity index (χ1n) is 8.17. The number of para-hydroxylation sites is 1. The van der Waals surface area contributed by atoms with E-state index in [1.54, 1.807) is 67.6 Å². The zero-order valence-electron chi connectivity index (χ0n) is 14.6. The third-order valence-electron chi connectivity index (χ3n) is 4.09. The van der Waals surface area contributed by atoms with Crippen LogP contribution >= 0.6 is 0 Å². The second-order valence-electron chi connectivity index (χ2n) is 6.12. The lowest BCUT2D eigenvalue weighted by molar-refractivity contribution is 0.103. The summed E-state index contributed by atoms with van der Waals surface area (Å²) in [7, 11) is -3.81. The van der Waals surface area contributed by atoms with Crippen LogP contribution in [0.1, 0.15) is 27.0 Å². The van der Waals surface area contributed by atoms with Gasteiger partial charge in [-0.1, -0.05) is 54.6 Å². The van der Waals surface area contributed by atoms with Crippen molar-refractivity contribution in [3.63, 3.8) is 0 Å². The van der Waals surface area contributed by atoms with Gasteiger partial charge in [0.1, 0.15) is 0 Å². The fraction of sp³-hybridized carbons (Fsp3) is 0.0952. The SMILES string of the molecule is Cc1ccc(C)c(S(=O)(=O)Nc2ccccc2C(=O)c2ccccc2)c1. The Hall–Kier alpha value is -2.92. The average molecular weight is 365 g/mol. The third kappa shape index (κ3) is 3.68. The summed E-state index contributed by atoms with van der Waals surface area (Å²) in [6.45, 7) is 3.58. The molecular formula is C21H19NO3S. The van der Waals surface area contributed by atoms with Gasteiger partial charge in [0.15, 0.2) is 5.78 Å². The summed E-state index contributed by atoms with van der Waals surface area (Å²) in [6, 6.07) is 20.7. The molecule has 1 N–H and O–H groups in total. The summed E-state index contributed by atoms with van der Waals surface area (Å²) in [5.41, 5.74) is 2.58. The molecule has 0 bridgehead atoms. The number of rotatable bonds is 5.